The Morgan fingerprint density at radius 1 is 0.923 bits per heavy atom. The van der Waals surface area contributed by atoms with Gasteiger partial charge in [-0.1, -0.05) is 32.6 Å². The van der Waals surface area contributed by atoms with E-state index in [-0.39, 0.29) is 6.61 Å². The number of hydrogen-bond acceptors (Lipinski definition) is 7. The van der Waals surface area contributed by atoms with Crippen molar-refractivity contribution in [3.05, 3.63) is 0 Å². The lowest BCUT2D eigenvalue weighted by Gasteiger charge is -2.18. The molecule has 0 radical (unpaired) electrons. The Hall–Kier alpha value is -0.0500. The van der Waals surface area contributed by atoms with Crippen molar-refractivity contribution in [1.29, 1.82) is 0 Å². The summed E-state index contributed by atoms with van der Waals surface area (Å²) in [5.74, 6) is 0. The summed E-state index contributed by atoms with van der Waals surface area (Å²) in [4.78, 5) is 9.85. The number of unbranched alkanes of at least 4 members (excludes halogenated alkanes) is 5. The third-order valence-corrected chi connectivity index (χ3v) is 5.83. The minimum absolute atomic E-state index is 0.114. The van der Waals surface area contributed by atoms with Crippen molar-refractivity contribution in [3.8, 4) is 0 Å². The van der Waals surface area contributed by atoms with Crippen molar-refractivity contribution in [3.63, 3.8) is 0 Å². The first-order valence-electron chi connectivity index (χ1n) is 9.58. The molecule has 5 atom stereocenters. The van der Waals surface area contributed by atoms with E-state index in [1.165, 1.54) is 25.7 Å². The Labute approximate surface area is 156 Å². The minimum Gasteiger partial charge on any atom is -0.394 e. The largest absolute Gasteiger partial charge is 0.394 e. The molecule has 1 unspecified atom stereocenters. The van der Waals surface area contributed by atoms with Gasteiger partial charge in [0, 0.05) is 13.2 Å². The molecule has 0 amide bonds. The normalized spacial score (nSPS) is 28.3. The Morgan fingerprint density at radius 3 is 2.12 bits per heavy atom. The third kappa shape index (κ3) is 9.24. The van der Waals surface area contributed by atoms with Gasteiger partial charge in [0.05, 0.1) is 25.5 Å². The first-order valence-corrected chi connectivity index (χ1v) is 11.3. The van der Waals surface area contributed by atoms with Crippen molar-refractivity contribution in [2.75, 3.05) is 32.6 Å². The molecule has 0 aliphatic carbocycles. The zero-order chi connectivity index (χ0) is 19.4. The van der Waals surface area contributed by atoms with Gasteiger partial charge in [0.25, 0.3) is 0 Å². The highest BCUT2D eigenvalue weighted by Crippen LogP contribution is 2.45. The Balaban J connectivity index is 2.06. The number of hydrogen-bond donors (Lipinski definition) is 4. The van der Waals surface area contributed by atoms with Crippen molar-refractivity contribution in [2.45, 2.75) is 76.3 Å². The first kappa shape index (κ1) is 24.0. The molecule has 1 heterocycles. The van der Waals surface area contributed by atoms with Crippen LogP contribution in [0.1, 0.15) is 51.9 Å². The molecule has 1 saturated heterocycles. The maximum atomic E-state index is 12.0. The van der Waals surface area contributed by atoms with Crippen LogP contribution < -0.4 is 0 Å². The zero-order valence-corrected chi connectivity index (χ0v) is 16.6. The quantitative estimate of drug-likeness (QED) is 0.241. The van der Waals surface area contributed by atoms with E-state index in [9.17, 15) is 19.7 Å². The van der Waals surface area contributed by atoms with E-state index in [4.69, 9.17) is 19.1 Å². The van der Waals surface area contributed by atoms with Crippen LogP contribution in [-0.2, 0) is 18.6 Å². The van der Waals surface area contributed by atoms with Crippen LogP contribution in [0.25, 0.3) is 0 Å². The molecule has 0 aromatic rings. The van der Waals surface area contributed by atoms with Crippen molar-refractivity contribution in [1.82, 2.24) is 0 Å². The second-order valence-corrected chi connectivity index (χ2v) is 8.66. The highest BCUT2D eigenvalue weighted by Gasteiger charge is 2.45. The van der Waals surface area contributed by atoms with Crippen LogP contribution in [0, 0.1) is 0 Å². The third-order valence-electron chi connectivity index (χ3n) is 4.42. The number of rotatable bonds is 15. The van der Waals surface area contributed by atoms with E-state index < -0.39 is 44.8 Å². The number of aliphatic hydroxyl groups is 3. The van der Waals surface area contributed by atoms with E-state index in [0.29, 0.717) is 13.0 Å². The summed E-state index contributed by atoms with van der Waals surface area (Å²) >= 11 is 0. The van der Waals surface area contributed by atoms with Gasteiger partial charge in [-0.05, 0) is 19.3 Å². The van der Waals surface area contributed by atoms with Gasteiger partial charge in [-0.15, -0.1) is 0 Å². The summed E-state index contributed by atoms with van der Waals surface area (Å²) in [6.45, 7) is 3.17. The van der Waals surface area contributed by atoms with Gasteiger partial charge in [-0.2, -0.15) is 0 Å². The fourth-order valence-corrected chi connectivity index (χ4v) is 4.11. The van der Waals surface area contributed by atoms with E-state index in [0.717, 1.165) is 19.4 Å². The molecule has 8 nitrogen and oxygen atoms in total. The predicted octanol–water partition coefficient (Wildman–Crippen LogP) is 1.44. The lowest BCUT2D eigenvalue weighted by atomic mass is 10.1. The lowest BCUT2D eigenvalue weighted by molar-refractivity contribution is -0.0175. The molecule has 4 N–H and O–H groups in total. The van der Waals surface area contributed by atoms with Crippen LogP contribution in [-0.4, -0.2) is 77.2 Å². The molecular weight excluding hydrogens is 363 g/mol. The van der Waals surface area contributed by atoms with Crippen LogP contribution >= 0.6 is 7.60 Å². The maximum absolute atomic E-state index is 12.0. The van der Waals surface area contributed by atoms with E-state index in [1.807, 2.05) is 0 Å². The number of ether oxygens (including phenoxy) is 2. The van der Waals surface area contributed by atoms with Crippen LogP contribution in [0.5, 0.6) is 0 Å². The first-order chi connectivity index (χ1) is 12.4. The molecule has 0 bridgehead atoms. The van der Waals surface area contributed by atoms with E-state index >= 15 is 0 Å². The summed E-state index contributed by atoms with van der Waals surface area (Å²) in [7, 11) is -3.94. The Bertz CT molecular complexity index is 408. The second kappa shape index (κ2) is 13.2. The summed E-state index contributed by atoms with van der Waals surface area (Å²) in [6, 6.07) is 0. The molecule has 1 aliphatic rings. The molecule has 0 spiro atoms. The van der Waals surface area contributed by atoms with E-state index in [2.05, 4.69) is 6.92 Å². The average Bonchev–Trinajstić information content (AvgIpc) is 2.87. The van der Waals surface area contributed by atoms with Gasteiger partial charge in [0.1, 0.15) is 18.3 Å². The summed E-state index contributed by atoms with van der Waals surface area (Å²) in [5, 5.41) is 28.4. The Kier molecular flexibility index (Phi) is 12.2. The smallest absolute Gasteiger partial charge is 0.330 e. The van der Waals surface area contributed by atoms with Crippen LogP contribution in [0.3, 0.4) is 0 Å². The molecule has 1 rings (SSSR count). The maximum Gasteiger partial charge on any atom is 0.330 e. The fourth-order valence-electron chi connectivity index (χ4n) is 2.83. The lowest BCUT2D eigenvalue weighted by Crippen LogP contribution is -2.34. The predicted molar refractivity (Wildman–Crippen MR) is 97.2 cm³/mol. The Morgan fingerprint density at radius 2 is 1.50 bits per heavy atom. The number of aliphatic hydroxyl groups excluding tert-OH is 3. The standard InChI is InChI=1S/C17H35O8P/c1-2-3-4-5-6-9-23-10-7-8-11-24-26(21,22)13-15-17(20)16(19)14(12-18)25-15/h14-20H,2-13H2,1H3,(H,21,22)/t14-,15+,16-,17-/m1/s1. The van der Waals surface area contributed by atoms with E-state index in [1.54, 1.807) is 0 Å². The highest BCUT2D eigenvalue weighted by molar-refractivity contribution is 7.52. The summed E-state index contributed by atoms with van der Waals surface area (Å²) in [6.07, 6.45) is 2.32. The van der Waals surface area contributed by atoms with Gasteiger partial charge < -0.3 is 34.2 Å². The molecule has 0 aromatic carbocycles. The van der Waals surface area contributed by atoms with Gasteiger partial charge in [0.2, 0.25) is 0 Å². The van der Waals surface area contributed by atoms with Gasteiger partial charge in [0.15, 0.2) is 0 Å². The minimum atomic E-state index is -3.94. The van der Waals surface area contributed by atoms with Gasteiger partial charge >= 0.3 is 7.60 Å². The van der Waals surface area contributed by atoms with Crippen molar-refractivity contribution in [2.24, 2.45) is 0 Å². The molecule has 1 aliphatic heterocycles. The molecule has 0 saturated carbocycles. The molecule has 26 heavy (non-hydrogen) atoms. The summed E-state index contributed by atoms with van der Waals surface area (Å²) < 4.78 is 27.8. The van der Waals surface area contributed by atoms with Gasteiger partial charge in [-0.3, -0.25) is 4.57 Å². The topological polar surface area (TPSA) is 126 Å². The molecule has 1 fully saturated rings. The van der Waals surface area contributed by atoms with Crippen LogP contribution in [0.2, 0.25) is 0 Å². The second-order valence-electron chi connectivity index (χ2n) is 6.76. The van der Waals surface area contributed by atoms with Gasteiger partial charge in [-0.25, -0.2) is 0 Å². The van der Waals surface area contributed by atoms with Crippen LogP contribution in [0.4, 0.5) is 0 Å². The highest BCUT2D eigenvalue weighted by atomic mass is 31.2. The zero-order valence-electron chi connectivity index (χ0n) is 15.7. The van der Waals surface area contributed by atoms with Crippen molar-refractivity contribution >= 4 is 7.60 Å². The summed E-state index contributed by atoms with van der Waals surface area (Å²) in [5.41, 5.74) is 0. The SMILES string of the molecule is CCCCCCCOCCCCOP(=O)(O)C[C@@H]1O[C@H](CO)[C@@H](O)[C@@H]1O. The van der Waals surface area contributed by atoms with Crippen molar-refractivity contribution < 1.29 is 38.8 Å². The molecular formula is C17H35O8P. The molecule has 156 valence electrons. The fraction of sp³-hybridized carbons (Fsp3) is 1.00. The average molecular weight is 398 g/mol. The molecule has 0 aromatic heterocycles. The van der Waals surface area contributed by atoms with Crippen LogP contribution in [0.15, 0.2) is 0 Å². The molecule has 9 heteroatoms. The monoisotopic (exact) mass is 398 g/mol.